The third-order valence-corrected chi connectivity index (χ3v) is 10.0. The quantitative estimate of drug-likeness (QED) is 0.185. The van der Waals surface area contributed by atoms with Gasteiger partial charge >= 0.3 is 5.97 Å². The van der Waals surface area contributed by atoms with E-state index in [1.165, 1.54) is 0 Å². The molecule has 0 saturated carbocycles. The molecule has 2 bridgehead atoms. The molecule has 0 radical (unpaired) electrons. The van der Waals surface area contributed by atoms with Crippen LogP contribution in [-0.4, -0.2) is 88.7 Å². The number of allylic oxidation sites excluding steroid dienone is 1. The van der Waals surface area contributed by atoms with E-state index in [2.05, 4.69) is 25.4 Å². The number of rotatable bonds is 18. The van der Waals surface area contributed by atoms with Crippen molar-refractivity contribution in [3.05, 3.63) is 61.2 Å². The zero-order chi connectivity index (χ0) is 33.4. The van der Waals surface area contributed by atoms with Gasteiger partial charge in [0.2, 0.25) is 17.7 Å². The van der Waals surface area contributed by atoms with Crippen LogP contribution in [0.2, 0.25) is 0 Å². The molecule has 46 heavy (non-hydrogen) atoms. The number of unbranched alkanes of at least 4 members (excludes halogenated alkanes) is 1. The van der Waals surface area contributed by atoms with Crippen molar-refractivity contribution in [3.8, 4) is 0 Å². The average molecular weight is 638 g/mol. The van der Waals surface area contributed by atoms with Gasteiger partial charge < -0.3 is 29.7 Å². The molecule has 2 N–H and O–H groups in total. The second kappa shape index (κ2) is 15.9. The third kappa shape index (κ3) is 6.93. The van der Waals surface area contributed by atoms with E-state index in [1.807, 2.05) is 44.2 Å². The number of nitrogens with zero attached hydrogens (tertiary/aromatic N) is 2. The fraction of sp³-hybridized carbons (Fsp3) is 0.611. The highest BCUT2D eigenvalue weighted by Crippen LogP contribution is 2.59. The van der Waals surface area contributed by atoms with E-state index in [0.717, 1.165) is 18.4 Å². The summed E-state index contributed by atoms with van der Waals surface area (Å²) in [5, 5.41) is 13.7. The first kappa shape index (κ1) is 35.4. The first-order chi connectivity index (χ1) is 22.2. The van der Waals surface area contributed by atoms with Crippen molar-refractivity contribution in [2.45, 2.75) is 95.5 Å². The first-order valence-corrected chi connectivity index (χ1v) is 16.8. The molecule has 1 spiro atoms. The molecule has 0 aromatic heterocycles. The van der Waals surface area contributed by atoms with E-state index in [0.29, 0.717) is 38.8 Å². The average Bonchev–Trinajstić information content (AvgIpc) is 3.71. The molecule has 252 valence electrons. The Bertz CT molecular complexity index is 1260. The lowest BCUT2D eigenvalue weighted by Gasteiger charge is -2.41. The van der Waals surface area contributed by atoms with Gasteiger partial charge in [-0.15, -0.1) is 13.2 Å². The largest absolute Gasteiger partial charge is 0.463 e. The van der Waals surface area contributed by atoms with Crippen molar-refractivity contribution < 1.29 is 33.8 Å². The molecule has 1 aromatic rings. The number of amides is 3. The number of carbonyl (C=O) groups is 4. The van der Waals surface area contributed by atoms with E-state index in [4.69, 9.17) is 9.47 Å². The summed E-state index contributed by atoms with van der Waals surface area (Å²) >= 11 is 0. The molecule has 10 heteroatoms. The maximum atomic E-state index is 14.6. The van der Waals surface area contributed by atoms with Crippen LogP contribution in [0.1, 0.15) is 77.3 Å². The summed E-state index contributed by atoms with van der Waals surface area (Å²) in [4.78, 5) is 58.9. The summed E-state index contributed by atoms with van der Waals surface area (Å²) in [6.07, 6.45) is 6.81. The Kier molecular flexibility index (Phi) is 12.2. The Balaban J connectivity index is 1.68. The number of aliphatic hydroxyl groups excluding tert-OH is 1. The monoisotopic (exact) mass is 637 g/mol. The first-order valence-electron chi connectivity index (χ1n) is 16.8. The smallest absolute Gasteiger partial charge is 0.306 e. The highest BCUT2D eigenvalue weighted by atomic mass is 16.5. The molecular formula is C36H51N3O7. The van der Waals surface area contributed by atoms with Gasteiger partial charge in [0.15, 0.2) is 0 Å². The van der Waals surface area contributed by atoms with Crippen LogP contribution in [0.3, 0.4) is 0 Å². The molecule has 4 rings (SSSR count). The summed E-state index contributed by atoms with van der Waals surface area (Å²) < 4.78 is 12.2. The number of ether oxygens (including phenoxy) is 2. The van der Waals surface area contributed by atoms with Gasteiger partial charge in [0.25, 0.3) is 0 Å². The molecule has 3 saturated heterocycles. The zero-order valence-electron chi connectivity index (χ0n) is 27.6. The van der Waals surface area contributed by atoms with Crippen molar-refractivity contribution >= 4 is 23.7 Å². The number of benzene rings is 1. The molecule has 1 aromatic carbocycles. The Morgan fingerprint density at radius 3 is 2.59 bits per heavy atom. The van der Waals surface area contributed by atoms with Crippen LogP contribution in [0.5, 0.6) is 0 Å². The van der Waals surface area contributed by atoms with Crippen molar-refractivity contribution in [3.63, 3.8) is 0 Å². The summed E-state index contributed by atoms with van der Waals surface area (Å²) in [7, 11) is 0. The van der Waals surface area contributed by atoms with Crippen LogP contribution in [0.25, 0.3) is 0 Å². The van der Waals surface area contributed by atoms with E-state index in [9.17, 15) is 24.3 Å². The van der Waals surface area contributed by atoms with Crippen molar-refractivity contribution in [2.75, 3.05) is 26.3 Å². The van der Waals surface area contributed by atoms with Gasteiger partial charge in [-0.25, -0.2) is 0 Å². The van der Waals surface area contributed by atoms with E-state index >= 15 is 0 Å². The van der Waals surface area contributed by atoms with Crippen LogP contribution in [0.4, 0.5) is 0 Å². The predicted octanol–water partition coefficient (Wildman–Crippen LogP) is 3.95. The summed E-state index contributed by atoms with van der Waals surface area (Å²) in [5.41, 5.74) is -0.432. The number of nitrogens with one attached hydrogen (secondary N) is 1. The van der Waals surface area contributed by atoms with Crippen LogP contribution < -0.4 is 5.32 Å². The molecule has 3 aliphatic heterocycles. The predicted molar refractivity (Wildman–Crippen MR) is 174 cm³/mol. The van der Waals surface area contributed by atoms with Gasteiger partial charge in [-0.05, 0) is 37.2 Å². The SMILES string of the molecule is C=CCCC(=O)OC[C@H](NC(=O)[C@@H]1[C@@H]2CC[C@]3(O2)[C@H](C(=O)N(CC=C)CCCC)N([C@@H](CO)[C@@H](C)CC)C(=O)[C@@H]13)c1ccccc1. The number of aliphatic hydroxyl groups is 1. The van der Waals surface area contributed by atoms with E-state index < -0.39 is 47.6 Å². The Morgan fingerprint density at radius 1 is 1.22 bits per heavy atom. The van der Waals surface area contributed by atoms with Gasteiger partial charge in [-0.2, -0.15) is 0 Å². The standard InChI is InChI=1S/C36H51N3O7/c1-6-10-17-29(41)45-23-26(25-15-13-12-14-16-25)37-33(42)30-28-18-19-36(46-28)31(30)34(43)39(27(22-40)24(5)9-4)32(36)35(44)38(20-8-3)21-11-7-2/h6,8,12-16,24,26-28,30-32,40H,1,3,7,9-11,17-23H2,2,4-5H3,(H,37,42)/t24-,26-,27-,28-,30+,31+,32-,36+/m0/s1. The van der Waals surface area contributed by atoms with E-state index in [1.54, 1.807) is 22.0 Å². The lowest BCUT2D eigenvalue weighted by Crippen LogP contribution is -2.59. The molecule has 10 nitrogen and oxygen atoms in total. The topological polar surface area (TPSA) is 125 Å². The second-order valence-corrected chi connectivity index (χ2v) is 12.8. The fourth-order valence-electron chi connectivity index (χ4n) is 7.45. The zero-order valence-corrected chi connectivity index (χ0v) is 27.6. The molecule has 0 aliphatic carbocycles. The number of carbonyl (C=O) groups excluding carboxylic acids is 4. The van der Waals surface area contributed by atoms with Gasteiger partial charge in [0, 0.05) is 19.5 Å². The number of hydrogen-bond donors (Lipinski definition) is 2. The minimum atomic E-state index is -1.19. The van der Waals surface area contributed by atoms with Gasteiger partial charge in [-0.1, -0.05) is 76.1 Å². The number of likely N-dealkylation sites (tertiary alicyclic amines) is 1. The number of esters is 1. The second-order valence-electron chi connectivity index (χ2n) is 12.8. The highest BCUT2D eigenvalue weighted by Gasteiger charge is 2.75. The highest BCUT2D eigenvalue weighted by molar-refractivity contribution is 5.99. The van der Waals surface area contributed by atoms with E-state index in [-0.39, 0.29) is 43.3 Å². The molecular weight excluding hydrogens is 586 g/mol. The van der Waals surface area contributed by atoms with Crippen LogP contribution in [-0.2, 0) is 28.7 Å². The summed E-state index contributed by atoms with van der Waals surface area (Å²) in [5.74, 6) is -3.17. The molecule has 3 aliphatic rings. The van der Waals surface area contributed by atoms with Gasteiger partial charge in [0.05, 0.1) is 36.6 Å². The summed E-state index contributed by atoms with van der Waals surface area (Å²) in [6, 6.07) is 7.02. The van der Waals surface area contributed by atoms with Crippen molar-refractivity contribution in [2.24, 2.45) is 17.8 Å². The molecule has 8 atom stereocenters. The maximum absolute atomic E-state index is 14.6. The number of hydrogen-bond acceptors (Lipinski definition) is 7. The number of fused-ring (bicyclic) bond motifs is 1. The van der Waals surface area contributed by atoms with Gasteiger partial charge in [0.1, 0.15) is 18.2 Å². The van der Waals surface area contributed by atoms with Crippen LogP contribution in [0.15, 0.2) is 55.6 Å². The summed E-state index contributed by atoms with van der Waals surface area (Å²) in [6.45, 7) is 13.9. The maximum Gasteiger partial charge on any atom is 0.306 e. The molecule has 3 amide bonds. The fourth-order valence-corrected chi connectivity index (χ4v) is 7.45. The minimum absolute atomic E-state index is 0.0739. The Hall–Kier alpha value is -3.50. The van der Waals surface area contributed by atoms with Crippen LogP contribution in [0, 0.1) is 17.8 Å². The molecule has 3 heterocycles. The Morgan fingerprint density at radius 2 is 1.96 bits per heavy atom. The minimum Gasteiger partial charge on any atom is -0.463 e. The van der Waals surface area contributed by atoms with Gasteiger partial charge in [-0.3, -0.25) is 19.2 Å². The lowest BCUT2D eigenvalue weighted by atomic mass is 9.70. The molecule has 0 unspecified atom stereocenters. The van der Waals surface area contributed by atoms with Crippen molar-refractivity contribution in [1.82, 2.24) is 15.1 Å². The Labute approximate surface area is 273 Å². The molecule has 3 fully saturated rings. The van der Waals surface area contributed by atoms with Crippen molar-refractivity contribution in [1.29, 1.82) is 0 Å². The third-order valence-electron chi connectivity index (χ3n) is 10.0. The lowest BCUT2D eigenvalue weighted by molar-refractivity contribution is -0.152. The van der Waals surface area contributed by atoms with Crippen LogP contribution >= 0.6 is 0 Å². The normalized spacial score (nSPS) is 26.6.